The predicted octanol–water partition coefficient (Wildman–Crippen LogP) is 2.30. The van der Waals surface area contributed by atoms with Crippen molar-refractivity contribution in [1.82, 2.24) is 0 Å². The number of fused-ring (bicyclic) bond motifs is 2. The molecule has 0 N–H and O–H groups in total. The van der Waals surface area contributed by atoms with E-state index in [0.717, 1.165) is 10.8 Å². The maximum atomic E-state index is 1.67. The molecule has 0 amide bonds. The van der Waals surface area contributed by atoms with Gasteiger partial charge in [-0.1, -0.05) is 0 Å². The van der Waals surface area contributed by atoms with E-state index in [-0.39, 0.29) is 0 Å². The third-order valence-corrected chi connectivity index (χ3v) is 7.68. The smallest absolute Gasteiger partial charge is 0.0142 e. The highest BCUT2D eigenvalue weighted by Gasteiger charge is 3.01. The van der Waals surface area contributed by atoms with Crippen molar-refractivity contribution in [2.45, 2.75) is 25.7 Å². The van der Waals surface area contributed by atoms with Crippen LogP contribution < -0.4 is 0 Å². The molecular formula is C12H14. The molecule has 6 rings (SSSR count). The van der Waals surface area contributed by atoms with Gasteiger partial charge in [0.15, 0.2) is 0 Å². The molecule has 12 heavy (non-hydrogen) atoms. The summed E-state index contributed by atoms with van der Waals surface area (Å²) in [6, 6.07) is 0. The maximum Gasteiger partial charge on any atom is -0.0142 e. The van der Waals surface area contributed by atoms with Crippen LogP contribution >= 0.6 is 0 Å². The summed E-state index contributed by atoms with van der Waals surface area (Å²) in [6.45, 7) is 0. The molecule has 0 aromatic rings. The fourth-order valence-corrected chi connectivity index (χ4v) is 7.89. The molecule has 8 atom stereocenters. The first-order valence-electron chi connectivity index (χ1n) is 5.91. The van der Waals surface area contributed by atoms with E-state index in [0.29, 0.717) is 0 Å². The Labute approximate surface area is 72.7 Å². The van der Waals surface area contributed by atoms with Gasteiger partial charge in [-0.3, -0.25) is 0 Å². The molecule has 62 valence electrons. The van der Waals surface area contributed by atoms with Crippen LogP contribution in [0.15, 0.2) is 0 Å². The molecule has 6 aliphatic rings. The van der Waals surface area contributed by atoms with E-state index in [4.69, 9.17) is 0 Å². The summed E-state index contributed by atoms with van der Waals surface area (Å²) in [4.78, 5) is 0. The lowest BCUT2D eigenvalue weighted by molar-refractivity contribution is -0.588. The zero-order chi connectivity index (χ0) is 7.29. The standard InChI is InChI=1S/C12H14/c1-5-2-9-10-4-6-3-8-7(1)11(5,9)12(6,8)10/h5-10H,1-4H2/t5?,6?,7-,8+,9+,10-,11?,12?. The Morgan fingerprint density at radius 2 is 0.917 bits per heavy atom. The highest BCUT2D eigenvalue weighted by atomic mass is 15.1. The molecule has 0 aromatic carbocycles. The summed E-state index contributed by atoms with van der Waals surface area (Å²) < 4.78 is 0. The minimum Gasteiger partial charge on any atom is -0.0461 e. The van der Waals surface area contributed by atoms with Crippen LogP contribution in [0.2, 0.25) is 0 Å². The zero-order valence-corrected chi connectivity index (χ0v) is 7.29. The summed E-state index contributed by atoms with van der Waals surface area (Å²) in [6.07, 6.45) is 6.68. The van der Waals surface area contributed by atoms with Crippen molar-refractivity contribution >= 4 is 0 Å². The van der Waals surface area contributed by atoms with Gasteiger partial charge in [0, 0.05) is 0 Å². The lowest BCUT2D eigenvalue weighted by Crippen LogP contribution is -3.01. The van der Waals surface area contributed by atoms with Gasteiger partial charge >= 0.3 is 0 Å². The first-order chi connectivity index (χ1) is 5.91. The van der Waals surface area contributed by atoms with Crippen LogP contribution in [-0.4, -0.2) is 0 Å². The summed E-state index contributed by atoms with van der Waals surface area (Å²) >= 11 is 0. The third kappa shape index (κ3) is 0.170. The maximum absolute atomic E-state index is 1.67. The van der Waals surface area contributed by atoms with Crippen molar-refractivity contribution in [3.63, 3.8) is 0 Å². The van der Waals surface area contributed by atoms with Crippen LogP contribution in [-0.2, 0) is 0 Å². The van der Waals surface area contributed by atoms with Gasteiger partial charge in [-0.2, -0.15) is 0 Å². The Hall–Kier alpha value is 0. The molecular weight excluding hydrogens is 144 g/mol. The fraction of sp³-hybridized carbons (Fsp3) is 1.00. The van der Waals surface area contributed by atoms with Gasteiger partial charge in [-0.15, -0.1) is 0 Å². The van der Waals surface area contributed by atoms with Crippen molar-refractivity contribution in [1.29, 1.82) is 0 Å². The zero-order valence-electron chi connectivity index (χ0n) is 7.29. The molecule has 0 heterocycles. The lowest BCUT2D eigenvalue weighted by Gasteiger charge is -3.06. The van der Waals surface area contributed by atoms with E-state index in [1.54, 1.807) is 25.7 Å². The summed E-state index contributed by atoms with van der Waals surface area (Å²) in [5, 5.41) is 0. The molecule has 4 unspecified atom stereocenters. The molecule has 6 aliphatic carbocycles. The number of hydrogen-bond acceptors (Lipinski definition) is 0. The molecule has 0 bridgehead atoms. The summed E-state index contributed by atoms with van der Waals surface area (Å²) in [5.74, 6) is 7.68. The molecule has 0 heteroatoms. The molecule has 0 radical (unpaired) electrons. The second-order valence-electron chi connectivity index (χ2n) is 6.63. The van der Waals surface area contributed by atoms with E-state index >= 15 is 0 Å². The monoisotopic (exact) mass is 158 g/mol. The second kappa shape index (κ2) is 0.952. The Balaban J connectivity index is 1.69. The Bertz CT molecular complexity index is 284. The van der Waals surface area contributed by atoms with Gasteiger partial charge in [0.25, 0.3) is 0 Å². The first kappa shape index (κ1) is 5.02. The molecule has 0 nitrogen and oxygen atoms in total. The Morgan fingerprint density at radius 3 is 1.17 bits per heavy atom. The molecule has 6 fully saturated rings. The predicted molar refractivity (Wildman–Crippen MR) is 44.3 cm³/mol. The lowest BCUT2D eigenvalue weighted by atomic mass is 8.98. The van der Waals surface area contributed by atoms with Gasteiger partial charge in [0.2, 0.25) is 0 Å². The minimum absolute atomic E-state index is 1.07. The topological polar surface area (TPSA) is 0 Å². The van der Waals surface area contributed by atoms with Crippen LogP contribution in [0.25, 0.3) is 0 Å². The van der Waals surface area contributed by atoms with Crippen molar-refractivity contribution in [2.75, 3.05) is 0 Å². The van der Waals surface area contributed by atoms with Gasteiger partial charge in [0.1, 0.15) is 0 Å². The molecule has 2 spiro atoms. The van der Waals surface area contributed by atoms with Crippen LogP contribution in [0.4, 0.5) is 0 Å². The van der Waals surface area contributed by atoms with Crippen LogP contribution in [0.5, 0.6) is 0 Å². The number of rotatable bonds is 0. The molecule has 0 aliphatic heterocycles. The van der Waals surface area contributed by atoms with Crippen molar-refractivity contribution < 1.29 is 0 Å². The number of hydrogen-bond donors (Lipinski definition) is 0. The van der Waals surface area contributed by atoms with E-state index < -0.39 is 0 Å². The highest BCUT2D eigenvalue weighted by Crippen LogP contribution is 3.06. The van der Waals surface area contributed by atoms with E-state index in [1.807, 2.05) is 0 Å². The largest absolute Gasteiger partial charge is 0.0461 e. The van der Waals surface area contributed by atoms with Crippen LogP contribution in [0.3, 0.4) is 0 Å². The van der Waals surface area contributed by atoms with Crippen molar-refractivity contribution in [2.24, 2.45) is 46.3 Å². The normalized spacial score (nSPS) is 94.0. The van der Waals surface area contributed by atoms with Crippen LogP contribution in [0.1, 0.15) is 25.7 Å². The Morgan fingerprint density at radius 1 is 0.583 bits per heavy atom. The SMILES string of the molecule is C1C2C[C@H]3[C@H]4CC5C[C@H]6[C@@H]1C23C546. The molecule has 6 saturated carbocycles. The van der Waals surface area contributed by atoms with E-state index in [2.05, 4.69) is 0 Å². The van der Waals surface area contributed by atoms with Gasteiger partial charge in [-0.25, -0.2) is 0 Å². The Kier molecular flexibility index (Phi) is 0.398. The van der Waals surface area contributed by atoms with Crippen molar-refractivity contribution in [3.8, 4) is 0 Å². The van der Waals surface area contributed by atoms with Crippen molar-refractivity contribution in [3.05, 3.63) is 0 Å². The van der Waals surface area contributed by atoms with Gasteiger partial charge < -0.3 is 0 Å². The average Bonchev–Trinajstić information content (AvgIpc) is 1.99. The highest BCUT2D eigenvalue weighted by molar-refractivity contribution is 5.48. The average molecular weight is 158 g/mol. The molecule has 0 saturated heterocycles. The summed E-state index contributed by atoms with van der Waals surface area (Å²) in [7, 11) is 0. The molecule has 0 aromatic heterocycles. The quantitative estimate of drug-likeness (QED) is 0.507. The minimum atomic E-state index is 1.07. The van der Waals surface area contributed by atoms with E-state index in [9.17, 15) is 0 Å². The fourth-order valence-electron chi connectivity index (χ4n) is 7.89. The van der Waals surface area contributed by atoms with Crippen LogP contribution in [0, 0.1) is 46.3 Å². The summed E-state index contributed by atoms with van der Waals surface area (Å²) in [5.41, 5.74) is 2.15. The third-order valence-electron chi connectivity index (χ3n) is 7.68. The second-order valence-corrected chi connectivity index (χ2v) is 6.63. The van der Waals surface area contributed by atoms with E-state index in [1.165, 1.54) is 35.5 Å². The first-order valence-corrected chi connectivity index (χ1v) is 5.91. The van der Waals surface area contributed by atoms with Gasteiger partial charge in [0.05, 0.1) is 0 Å². The van der Waals surface area contributed by atoms with Gasteiger partial charge in [-0.05, 0) is 72.0 Å².